The van der Waals surface area contributed by atoms with Gasteiger partial charge in [-0.25, -0.2) is 4.39 Å². The zero-order valence-electron chi connectivity index (χ0n) is 9.41. The Kier molecular flexibility index (Phi) is 4.32. The zero-order valence-corrected chi connectivity index (χ0v) is 11.7. The Hall–Kier alpha value is -0.970. The predicted octanol–water partition coefficient (Wildman–Crippen LogP) is 3.88. The lowest BCUT2D eigenvalue weighted by Gasteiger charge is -2.12. The van der Waals surface area contributed by atoms with Gasteiger partial charge in [-0.1, -0.05) is 17.7 Å². The lowest BCUT2D eigenvalue weighted by molar-refractivity contribution is 0.625. The standard InChI is InChI=1S/C13H11BrClFN2/c14-10-3-8(6-18-7-10)4-13(17)9-1-2-12(16)11(15)5-9/h1-3,5-7,13H,4,17H2. The molecule has 0 aliphatic rings. The Bertz CT molecular complexity index is 562. The van der Waals surface area contributed by atoms with Crippen LogP contribution in [0, 0.1) is 5.82 Å². The summed E-state index contributed by atoms with van der Waals surface area (Å²) >= 11 is 9.09. The summed E-state index contributed by atoms with van der Waals surface area (Å²) in [4.78, 5) is 4.07. The highest BCUT2D eigenvalue weighted by Crippen LogP contribution is 2.22. The summed E-state index contributed by atoms with van der Waals surface area (Å²) in [6.07, 6.45) is 4.09. The molecule has 2 nitrogen and oxygen atoms in total. The van der Waals surface area contributed by atoms with Crippen LogP contribution in [0.15, 0.2) is 41.1 Å². The van der Waals surface area contributed by atoms with E-state index >= 15 is 0 Å². The van der Waals surface area contributed by atoms with Crippen LogP contribution in [0.25, 0.3) is 0 Å². The molecule has 5 heteroatoms. The van der Waals surface area contributed by atoms with E-state index in [4.69, 9.17) is 17.3 Å². The Labute approximate surface area is 118 Å². The monoisotopic (exact) mass is 328 g/mol. The summed E-state index contributed by atoms with van der Waals surface area (Å²) in [6.45, 7) is 0. The first-order valence-corrected chi connectivity index (χ1v) is 6.53. The number of hydrogen-bond acceptors (Lipinski definition) is 2. The van der Waals surface area contributed by atoms with Gasteiger partial charge in [0.1, 0.15) is 5.82 Å². The van der Waals surface area contributed by atoms with Gasteiger partial charge >= 0.3 is 0 Å². The van der Waals surface area contributed by atoms with E-state index in [0.29, 0.717) is 6.42 Å². The lowest BCUT2D eigenvalue weighted by atomic mass is 10.0. The minimum atomic E-state index is -0.434. The van der Waals surface area contributed by atoms with Crippen molar-refractivity contribution >= 4 is 27.5 Å². The molecule has 2 aromatic rings. The lowest BCUT2D eigenvalue weighted by Crippen LogP contribution is -2.13. The van der Waals surface area contributed by atoms with E-state index in [2.05, 4.69) is 20.9 Å². The van der Waals surface area contributed by atoms with Gasteiger partial charge in [0.25, 0.3) is 0 Å². The molecule has 0 aliphatic heterocycles. The van der Waals surface area contributed by atoms with Crippen molar-refractivity contribution in [2.75, 3.05) is 0 Å². The van der Waals surface area contributed by atoms with Gasteiger partial charge < -0.3 is 5.73 Å². The van der Waals surface area contributed by atoms with Gasteiger partial charge in [-0.3, -0.25) is 4.98 Å². The van der Waals surface area contributed by atoms with Gasteiger partial charge in [0.05, 0.1) is 5.02 Å². The third kappa shape index (κ3) is 3.28. The molecule has 1 aromatic heterocycles. The van der Waals surface area contributed by atoms with Gasteiger partial charge in [0, 0.05) is 22.9 Å². The first kappa shape index (κ1) is 13.5. The van der Waals surface area contributed by atoms with Crippen molar-refractivity contribution in [2.24, 2.45) is 5.73 Å². The van der Waals surface area contributed by atoms with Crippen molar-refractivity contribution in [3.63, 3.8) is 0 Å². The maximum atomic E-state index is 13.1. The fourth-order valence-electron chi connectivity index (χ4n) is 1.68. The quantitative estimate of drug-likeness (QED) is 0.928. The molecular formula is C13H11BrClFN2. The van der Waals surface area contributed by atoms with E-state index in [1.165, 1.54) is 6.07 Å². The number of nitrogens with zero attached hydrogens (tertiary/aromatic N) is 1. The number of halogens is 3. The first-order valence-electron chi connectivity index (χ1n) is 5.36. The highest BCUT2D eigenvalue weighted by atomic mass is 79.9. The van der Waals surface area contributed by atoms with Crippen molar-refractivity contribution in [3.05, 3.63) is 63.1 Å². The number of rotatable bonds is 3. The number of benzene rings is 1. The molecule has 94 valence electrons. The van der Waals surface area contributed by atoms with Crippen LogP contribution in [0.4, 0.5) is 4.39 Å². The Morgan fingerprint density at radius 3 is 2.78 bits per heavy atom. The highest BCUT2D eigenvalue weighted by molar-refractivity contribution is 9.10. The summed E-state index contributed by atoms with van der Waals surface area (Å²) < 4.78 is 14.0. The van der Waals surface area contributed by atoms with Crippen LogP contribution in [-0.2, 0) is 6.42 Å². The minimum absolute atomic E-state index is 0.0929. The molecule has 0 saturated heterocycles. The van der Waals surface area contributed by atoms with Crippen LogP contribution in [0.1, 0.15) is 17.2 Å². The smallest absolute Gasteiger partial charge is 0.141 e. The van der Waals surface area contributed by atoms with Gasteiger partial charge in [-0.05, 0) is 51.7 Å². The van der Waals surface area contributed by atoms with E-state index in [9.17, 15) is 4.39 Å². The summed E-state index contributed by atoms with van der Waals surface area (Å²) in [5.74, 6) is -0.434. The van der Waals surface area contributed by atoms with Crippen molar-refractivity contribution in [1.82, 2.24) is 4.98 Å². The molecule has 0 radical (unpaired) electrons. The first-order chi connectivity index (χ1) is 8.56. The third-order valence-corrected chi connectivity index (χ3v) is 3.31. The molecule has 1 atom stereocenters. The number of hydrogen-bond donors (Lipinski definition) is 1. The minimum Gasteiger partial charge on any atom is -0.324 e. The molecule has 0 amide bonds. The Morgan fingerprint density at radius 2 is 2.11 bits per heavy atom. The molecule has 1 aromatic carbocycles. The molecule has 0 aliphatic carbocycles. The second kappa shape index (κ2) is 5.78. The second-order valence-electron chi connectivity index (χ2n) is 4.00. The van der Waals surface area contributed by atoms with E-state index in [-0.39, 0.29) is 11.1 Å². The molecular weight excluding hydrogens is 319 g/mol. The molecule has 2 N–H and O–H groups in total. The summed E-state index contributed by atoms with van der Waals surface area (Å²) in [6, 6.07) is 6.26. The largest absolute Gasteiger partial charge is 0.324 e. The maximum absolute atomic E-state index is 13.1. The zero-order chi connectivity index (χ0) is 13.1. The van der Waals surface area contributed by atoms with Gasteiger partial charge in [0.15, 0.2) is 0 Å². The number of aromatic nitrogens is 1. The van der Waals surface area contributed by atoms with Gasteiger partial charge in [0.2, 0.25) is 0 Å². The molecule has 18 heavy (non-hydrogen) atoms. The molecule has 1 heterocycles. The van der Waals surface area contributed by atoms with E-state index in [0.717, 1.165) is 15.6 Å². The number of nitrogens with two attached hydrogens (primary N) is 1. The predicted molar refractivity (Wildman–Crippen MR) is 74.0 cm³/mol. The molecule has 0 fully saturated rings. The van der Waals surface area contributed by atoms with Crippen LogP contribution < -0.4 is 5.73 Å². The fraction of sp³-hybridized carbons (Fsp3) is 0.154. The topological polar surface area (TPSA) is 38.9 Å². The Morgan fingerprint density at radius 1 is 1.33 bits per heavy atom. The molecule has 0 spiro atoms. The van der Waals surface area contributed by atoms with Crippen molar-refractivity contribution in [3.8, 4) is 0 Å². The van der Waals surface area contributed by atoms with Crippen LogP contribution in [-0.4, -0.2) is 4.98 Å². The van der Waals surface area contributed by atoms with Crippen LogP contribution in [0.2, 0.25) is 5.02 Å². The van der Waals surface area contributed by atoms with Crippen LogP contribution in [0.3, 0.4) is 0 Å². The van der Waals surface area contributed by atoms with Crippen LogP contribution in [0.5, 0.6) is 0 Å². The molecule has 0 saturated carbocycles. The third-order valence-electron chi connectivity index (χ3n) is 2.59. The highest BCUT2D eigenvalue weighted by Gasteiger charge is 2.10. The van der Waals surface area contributed by atoms with Gasteiger partial charge in [-0.15, -0.1) is 0 Å². The average molecular weight is 330 g/mol. The summed E-state index contributed by atoms with van der Waals surface area (Å²) in [7, 11) is 0. The molecule has 1 unspecified atom stereocenters. The van der Waals surface area contributed by atoms with Crippen molar-refractivity contribution in [1.29, 1.82) is 0 Å². The average Bonchev–Trinajstić information content (AvgIpc) is 2.32. The van der Waals surface area contributed by atoms with E-state index < -0.39 is 5.82 Å². The SMILES string of the molecule is NC(Cc1cncc(Br)c1)c1ccc(F)c(Cl)c1. The van der Waals surface area contributed by atoms with Crippen molar-refractivity contribution in [2.45, 2.75) is 12.5 Å². The Balaban J connectivity index is 2.16. The van der Waals surface area contributed by atoms with E-state index in [1.807, 2.05) is 6.07 Å². The van der Waals surface area contributed by atoms with E-state index in [1.54, 1.807) is 24.5 Å². The van der Waals surface area contributed by atoms with Crippen LogP contribution >= 0.6 is 27.5 Å². The fourth-order valence-corrected chi connectivity index (χ4v) is 2.28. The maximum Gasteiger partial charge on any atom is 0.141 e. The second-order valence-corrected chi connectivity index (χ2v) is 5.32. The molecule has 0 bridgehead atoms. The summed E-state index contributed by atoms with van der Waals surface area (Å²) in [5.41, 5.74) is 7.89. The summed E-state index contributed by atoms with van der Waals surface area (Å²) in [5, 5.41) is 0.0929. The molecule has 2 rings (SSSR count). The van der Waals surface area contributed by atoms with Crippen molar-refractivity contribution < 1.29 is 4.39 Å². The normalized spacial score (nSPS) is 12.4. The van der Waals surface area contributed by atoms with Gasteiger partial charge in [-0.2, -0.15) is 0 Å². The number of pyridine rings is 1.